The van der Waals surface area contributed by atoms with Gasteiger partial charge in [0.2, 0.25) is 0 Å². The summed E-state index contributed by atoms with van der Waals surface area (Å²) in [6.45, 7) is 0.627. The van der Waals surface area contributed by atoms with Crippen molar-refractivity contribution in [2.24, 2.45) is 5.73 Å². The zero-order chi connectivity index (χ0) is 14.7. The van der Waals surface area contributed by atoms with Gasteiger partial charge in [-0.15, -0.1) is 0 Å². The maximum atomic E-state index is 5.98. The van der Waals surface area contributed by atoms with E-state index in [0.29, 0.717) is 6.54 Å². The molecular formula is C21H19N. The van der Waals surface area contributed by atoms with E-state index in [-0.39, 0.29) is 0 Å². The molecule has 0 aliphatic heterocycles. The molecule has 0 spiro atoms. The first-order chi connectivity index (χ1) is 10.9. The Morgan fingerprint density at radius 1 is 0.818 bits per heavy atom. The summed E-state index contributed by atoms with van der Waals surface area (Å²) in [6.07, 6.45) is 9.47. The third-order valence-corrected chi connectivity index (χ3v) is 5.41. The normalized spacial score (nSPS) is 15.7. The zero-order valence-corrected chi connectivity index (χ0v) is 12.7. The van der Waals surface area contributed by atoms with E-state index in [9.17, 15) is 0 Å². The molecule has 3 aromatic carbocycles. The molecule has 3 aromatic rings. The van der Waals surface area contributed by atoms with Gasteiger partial charge in [0.25, 0.3) is 0 Å². The quantitative estimate of drug-likeness (QED) is 0.684. The first kappa shape index (κ1) is 12.4. The molecule has 1 heteroatoms. The number of hydrogen-bond acceptors (Lipinski definition) is 1. The lowest BCUT2D eigenvalue weighted by molar-refractivity contribution is 0.953. The summed E-state index contributed by atoms with van der Waals surface area (Å²) in [4.78, 5) is 0. The van der Waals surface area contributed by atoms with Crippen molar-refractivity contribution < 1.29 is 0 Å². The van der Waals surface area contributed by atoms with Crippen LogP contribution in [0.3, 0.4) is 0 Å². The van der Waals surface area contributed by atoms with Crippen LogP contribution in [0.4, 0.5) is 0 Å². The van der Waals surface area contributed by atoms with E-state index in [1.807, 2.05) is 0 Å². The minimum Gasteiger partial charge on any atom is -0.326 e. The van der Waals surface area contributed by atoms with Crippen molar-refractivity contribution >= 4 is 33.7 Å². The van der Waals surface area contributed by atoms with E-state index in [0.717, 1.165) is 6.42 Å². The lowest BCUT2D eigenvalue weighted by atomic mass is 9.81. The number of rotatable bonds is 1. The minimum atomic E-state index is 0.627. The number of fused-ring (bicyclic) bond motifs is 2. The SMILES string of the molecule is NCc1ccc2c3c(c4c5c(cccc52)=CCC4)CCC=c13. The lowest BCUT2D eigenvalue weighted by Crippen LogP contribution is -2.21. The van der Waals surface area contributed by atoms with Crippen LogP contribution in [0.15, 0.2) is 30.3 Å². The van der Waals surface area contributed by atoms with Crippen molar-refractivity contribution in [1.82, 2.24) is 0 Å². The lowest BCUT2D eigenvalue weighted by Gasteiger charge is -2.23. The molecule has 108 valence electrons. The second kappa shape index (κ2) is 4.44. The first-order valence-electron chi connectivity index (χ1n) is 8.27. The summed E-state index contributed by atoms with van der Waals surface area (Å²) in [5.41, 5.74) is 10.5. The van der Waals surface area contributed by atoms with E-state index < -0.39 is 0 Å². The van der Waals surface area contributed by atoms with Crippen molar-refractivity contribution in [2.45, 2.75) is 32.2 Å². The van der Waals surface area contributed by atoms with E-state index in [1.54, 1.807) is 11.1 Å². The van der Waals surface area contributed by atoms with Crippen molar-refractivity contribution in [1.29, 1.82) is 0 Å². The summed E-state index contributed by atoms with van der Waals surface area (Å²) in [6, 6.07) is 11.3. The van der Waals surface area contributed by atoms with E-state index in [1.165, 1.54) is 56.8 Å². The maximum absolute atomic E-state index is 5.98. The van der Waals surface area contributed by atoms with Crippen molar-refractivity contribution in [3.05, 3.63) is 57.5 Å². The average molecular weight is 285 g/mol. The topological polar surface area (TPSA) is 26.0 Å². The second-order valence-electron chi connectivity index (χ2n) is 6.48. The molecular weight excluding hydrogens is 266 g/mol. The Morgan fingerprint density at radius 2 is 1.59 bits per heavy atom. The molecule has 0 bridgehead atoms. The van der Waals surface area contributed by atoms with Crippen LogP contribution in [0.2, 0.25) is 0 Å². The number of hydrogen-bond donors (Lipinski definition) is 1. The highest BCUT2D eigenvalue weighted by atomic mass is 14.5. The van der Waals surface area contributed by atoms with Crippen LogP contribution < -0.4 is 16.2 Å². The van der Waals surface area contributed by atoms with Crippen molar-refractivity contribution in [3.63, 3.8) is 0 Å². The fourth-order valence-corrected chi connectivity index (χ4v) is 4.51. The van der Waals surface area contributed by atoms with Gasteiger partial charge in [-0.2, -0.15) is 0 Å². The first-order valence-corrected chi connectivity index (χ1v) is 8.27. The van der Waals surface area contributed by atoms with Crippen LogP contribution in [0.25, 0.3) is 33.7 Å². The third-order valence-electron chi connectivity index (χ3n) is 5.41. The minimum absolute atomic E-state index is 0.627. The average Bonchev–Trinajstić information content (AvgIpc) is 2.59. The molecule has 0 aromatic heterocycles. The zero-order valence-electron chi connectivity index (χ0n) is 12.7. The molecule has 2 aliphatic rings. The van der Waals surface area contributed by atoms with Gasteiger partial charge in [0.15, 0.2) is 0 Å². The fourth-order valence-electron chi connectivity index (χ4n) is 4.51. The van der Waals surface area contributed by atoms with Crippen LogP contribution in [0.5, 0.6) is 0 Å². The summed E-state index contributed by atoms with van der Waals surface area (Å²) >= 11 is 0. The van der Waals surface area contributed by atoms with Crippen LogP contribution in [-0.2, 0) is 19.4 Å². The molecule has 0 radical (unpaired) electrons. The van der Waals surface area contributed by atoms with Crippen LogP contribution >= 0.6 is 0 Å². The fraction of sp³-hybridized carbons (Fsp3) is 0.238. The molecule has 5 rings (SSSR count). The predicted molar refractivity (Wildman–Crippen MR) is 94.2 cm³/mol. The molecule has 0 heterocycles. The second-order valence-corrected chi connectivity index (χ2v) is 6.48. The number of aryl methyl sites for hydroxylation is 2. The van der Waals surface area contributed by atoms with Crippen LogP contribution in [0, 0.1) is 0 Å². The summed E-state index contributed by atoms with van der Waals surface area (Å²) in [5, 5.41) is 8.65. The molecule has 0 unspecified atom stereocenters. The maximum Gasteiger partial charge on any atom is 0.0184 e. The molecule has 0 fully saturated rings. The van der Waals surface area contributed by atoms with Gasteiger partial charge in [0, 0.05) is 6.54 Å². The molecule has 22 heavy (non-hydrogen) atoms. The summed E-state index contributed by atoms with van der Waals surface area (Å²) < 4.78 is 0. The van der Waals surface area contributed by atoms with E-state index in [4.69, 9.17) is 5.73 Å². The highest BCUT2D eigenvalue weighted by Crippen LogP contribution is 2.34. The Kier molecular flexibility index (Phi) is 2.51. The molecule has 0 saturated heterocycles. The standard InChI is InChI=1S/C21H19N/c22-12-14-10-11-19-17-8-2-5-13-4-1-7-16(20(13)17)18-9-3-6-15(14)21(18)19/h2,4-6,8,10-11H,1,3,7,9,12,22H2. The Labute approximate surface area is 129 Å². The van der Waals surface area contributed by atoms with Crippen molar-refractivity contribution in [3.8, 4) is 0 Å². The Morgan fingerprint density at radius 3 is 2.45 bits per heavy atom. The number of nitrogens with two attached hydrogens (primary N) is 1. The van der Waals surface area contributed by atoms with Gasteiger partial charge in [0.05, 0.1) is 0 Å². The smallest absolute Gasteiger partial charge is 0.0184 e. The molecule has 0 amide bonds. The van der Waals surface area contributed by atoms with Gasteiger partial charge >= 0.3 is 0 Å². The van der Waals surface area contributed by atoms with Gasteiger partial charge in [-0.3, -0.25) is 0 Å². The monoisotopic (exact) mass is 285 g/mol. The Bertz CT molecular complexity index is 1060. The Balaban J connectivity index is 2.15. The molecule has 2 N–H and O–H groups in total. The van der Waals surface area contributed by atoms with Gasteiger partial charge in [-0.25, -0.2) is 0 Å². The summed E-state index contributed by atoms with van der Waals surface area (Å²) in [7, 11) is 0. The third kappa shape index (κ3) is 1.47. The molecule has 0 saturated carbocycles. The highest BCUT2D eigenvalue weighted by Gasteiger charge is 2.19. The van der Waals surface area contributed by atoms with E-state index >= 15 is 0 Å². The Hall–Kier alpha value is -2.12. The van der Waals surface area contributed by atoms with Crippen molar-refractivity contribution in [2.75, 3.05) is 0 Å². The molecule has 0 atom stereocenters. The van der Waals surface area contributed by atoms with E-state index in [2.05, 4.69) is 42.5 Å². The van der Waals surface area contributed by atoms with Gasteiger partial charge in [-0.1, -0.05) is 42.5 Å². The van der Waals surface area contributed by atoms with Gasteiger partial charge in [-0.05, 0) is 74.4 Å². The molecule has 1 nitrogen and oxygen atoms in total. The van der Waals surface area contributed by atoms with Crippen LogP contribution in [0.1, 0.15) is 29.5 Å². The van der Waals surface area contributed by atoms with Crippen LogP contribution in [-0.4, -0.2) is 0 Å². The highest BCUT2D eigenvalue weighted by molar-refractivity contribution is 6.12. The molecule has 2 aliphatic carbocycles. The summed E-state index contributed by atoms with van der Waals surface area (Å²) in [5.74, 6) is 0. The number of benzene rings is 3. The predicted octanol–water partition coefficient (Wildman–Crippen LogP) is 2.91. The van der Waals surface area contributed by atoms with Gasteiger partial charge < -0.3 is 5.73 Å². The largest absolute Gasteiger partial charge is 0.326 e. The van der Waals surface area contributed by atoms with Gasteiger partial charge in [0.1, 0.15) is 0 Å².